The van der Waals surface area contributed by atoms with E-state index in [9.17, 15) is 14.4 Å². The Morgan fingerprint density at radius 3 is 2.50 bits per heavy atom. The number of carbonyl (C=O) groups excluding carboxylic acids is 3. The molecule has 1 heterocycles. The summed E-state index contributed by atoms with van der Waals surface area (Å²) in [5, 5.41) is 0. The van der Waals surface area contributed by atoms with E-state index in [-0.39, 0.29) is 24.3 Å². The van der Waals surface area contributed by atoms with E-state index in [1.165, 1.54) is 12.0 Å². The first-order valence-corrected chi connectivity index (χ1v) is 6.76. The molecule has 0 radical (unpaired) electrons. The Bertz CT molecular complexity index is 399. The van der Waals surface area contributed by atoms with Crippen LogP contribution >= 0.6 is 0 Å². The first-order chi connectivity index (χ1) is 9.15. The van der Waals surface area contributed by atoms with Gasteiger partial charge in [-0.15, -0.1) is 0 Å². The first kappa shape index (κ1) is 16.5. The highest BCUT2D eigenvalue weighted by molar-refractivity contribution is 5.88. The summed E-state index contributed by atoms with van der Waals surface area (Å²) >= 11 is 0. The molecule has 0 spiro atoms. The zero-order valence-corrected chi connectivity index (χ0v) is 12.8. The molecule has 1 rings (SSSR count). The monoisotopic (exact) mass is 285 g/mol. The molecule has 1 saturated heterocycles. The van der Waals surface area contributed by atoms with Crippen molar-refractivity contribution in [2.75, 3.05) is 7.11 Å². The summed E-state index contributed by atoms with van der Waals surface area (Å²) in [6.07, 6.45) is 0.805. The molecular weight excluding hydrogens is 262 g/mol. The molecule has 0 saturated carbocycles. The highest BCUT2D eigenvalue weighted by Crippen LogP contribution is 2.24. The Balaban J connectivity index is 2.69. The smallest absolute Gasteiger partial charge is 0.328 e. The van der Waals surface area contributed by atoms with Gasteiger partial charge in [-0.25, -0.2) is 4.79 Å². The first-order valence-electron chi connectivity index (χ1n) is 6.76. The van der Waals surface area contributed by atoms with Crippen LogP contribution in [0.4, 0.5) is 0 Å². The van der Waals surface area contributed by atoms with Crippen molar-refractivity contribution in [3.8, 4) is 0 Å². The van der Waals surface area contributed by atoms with E-state index < -0.39 is 17.6 Å². The average molecular weight is 285 g/mol. The fourth-order valence-electron chi connectivity index (χ4n) is 2.35. The average Bonchev–Trinajstić information content (AvgIpc) is 2.67. The normalized spacial score (nSPS) is 20.8. The molecule has 6 heteroatoms. The lowest BCUT2D eigenvalue weighted by atomic mass is 10.1. The second-order valence-corrected chi connectivity index (χ2v) is 6.02. The van der Waals surface area contributed by atoms with Crippen molar-refractivity contribution in [3.05, 3.63) is 0 Å². The van der Waals surface area contributed by atoms with E-state index in [0.29, 0.717) is 12.8 Å². The van der Waals surface area contributed by atoms with Gasteiger partial charge < -0.3 is 14.4 Å². The van der Waals surface area contributed by atoms with Crippen LogP contribution < -0.4 is 0 Å². The van der Waals surface area contributed by atoms with Gasteiger partial charge in [0.2, 0.25) is 5.91 Å². The van der Waals surface area contributed by atoms with Crippen molar-refractivity contribution in [2.24, 2.45) is 0 Å². The number of amides is 1. The molecule has 0 aromatic rings. The third kappa shape index (κ3) is 4.21. The largest absolute Gasteiger partial charge is 0.467 e. The summed E-state index contributed by atoms with van der Waals surface area (Å²) < 4.78 is 9.93. The number of rotatable bonds is 4. The van der Waals surface area contributed by atoms with Gasteiger partial charge in [-0.1, -0.05) is 0 Å². The lowest BCUT2D eigenvalue weighted by molar-refractivity contribution is -0.159. The van der Waals surface area contributed by atoms with Crippen LogP contribution in [0.1, 0.15) is 47.0 Å². The van der Waals surface area contributed by atoms with Gasteiger partial charge in [-0.2, -0.15) is 0 Å². The third-order valence-electron chi connectivity index (χ3n) is 3.09. The highest BCUT2D eigenvalue weighted by atomic mass is 16.6. The van der Waals surface area contributed by atoms with Gasteiger partial charge in [-0.3, -0.25) is 9.59 Å². The number of methoxy groups -OCH3 is 1. The van der Waals surface area contributed by atoms with Gasteiger partial charge in [0.15, 0.2) is 0 Å². The van der Waals surface area contributed by atoms with E-state index in [0.717, 1.165) is 0 Å². The molecule has 0 bridgehead atoms. The maximum Gasteiger partial charge on any atom is 0.328 e. The summed E-state index contributed by atoms with van der Waals surface area (Å²) in [7, 11) is 1.29. The summed E-state index contributed by atoms with van der Waals surface area (Å²) in [5.41, 5.74) is -0.562. The van der Waals surface area contributed by atoms with Gasteiger partial charge in [0.1, 0.15) is 11.6 Å². The lowest BCUT2D eigenvalue weighted by Crippen LogP contribution is -2.46. The maximum atomic E-state index is 11.9. The van der Waals surface area contributed by atoms with Gasteiger partial charge in [0, 0.05) is 12.5 Å². The van der Waals surface area contributed by atoms with Crippen LogP contribution in [0.15, 0.2) is 0 Å². The number of esters is 2. The van der Waals surface area contributed by atoms with E-state index in [1.807, 2.05) is 0 Å². The van der Waals surface area contributed by atoms with E-state index >= 15 is 0 Å². The number of ether oxygens (including phenoxy) is 2. The van der Waals surface area contributed by atoms with Gasteiger partial charge in [0.05, 0.1) is 13.5 Å². The van der Waals surface area contributed by atoms with Crippen molar-refractivity contribution in [2.45, 2.75) is 64.6 Å². The van der Waals surface area contributed by atoms with Crippen LogP contribution in [0.2, 0.25) is 0 Å². The van der Waals surface area contributed by atoms with Gasteiger partial charge in [0.25, 0.3) is 0 Å². The zero-order chi connectivity index (χ0) is 15.5. The number of hydrogen-bond acceptors (Lipinski definition) is 5. The molecule has 2 unspecified atom stereocenters. The molecule has 2 atom stereocenters. The molecule has 1 amide bonds. The van der Waals surface area contributed by atoms with E-state index in [4.69, 9.17) is 9.47 Å². The quantitative estimate of drug-likeness (QED) is 0.727. The molecule has 6 nitrogen and oxygen atoms in total. The second-order valence-electron chi connectivity index (χ2n) is 6.02. The number of nitrogens with zero attached hydrogens (tertiary/aromatic N) is 1. The Labute approximate surface area is 119 Å². The number of carbonyl (C=O) groups is 3. The maximum absolute atomic E-state index is 11.9. The Hall–Kier alpha value is -1.59. The third-order valence-corrected chi connectivity index (χ3v) is 3.09. The standard InChI is InChI=1S/C14H23NO5/c1-9(8-12(17)20-14(2,3)4)15-10(13(18)19-5)6-7-11(15)16/h9-10H,6-8H2,1-5H3. The minimum Gasteiger partial charge on any atom is -0.467 e. The topological polar surface area (TPSA) is 72.9 Å². The van der Waals surface area contributed by atoms with Crippen molar-refractivity contribution >= 4 is 17.8 Å². The highest BCUT2D eigenvalue weighted by Gasteiger charge is 2.40. The Morgan fingerprint density at radius 1 is 1.40 bits per heavy atom. The van der Waals surface area contributed by atoms with Crippen LogP contribution in [0.25, 0.3) is 0 Å². The molecule has 20 heavy (non-hydrogen) atoms. The van der Waals surface area contributed by atoms with Gasteiger partial charge in [-0.05, 0) is 34.1 Å². The molecule has 0 N–H and O–H groups in total. The minimum atomic E-state index is -0.593. The lowest BCUT2D eigenvalue weighted by Gasteiger charge is -2.29. The Kier molecular flexibility index (Phi) is 5.14. The molecule has 0 aliphatic carbocycles. The van der Waals surface area contributed by atoms with Crippen LogP contribution in [-0.4, -0.2) is 47.5 Å². The number of hydrogen-bond donors (Lipinski definition) is 0. The fraction of sp³-hybridized carbons (Fsp3) is 0.786. The second kappa shape index (κ2) is 6.24. The van der Waals surface area contributed by atoms with E-state index in [1.54, 1.807) is 27.7 Å². The molecule has 0 aromatic carbocycles. The zero-order valence-electron chi connectivity index (χ0n) is 12.8. The molecule has 1 fully saturated rings. The predicted octanol–water partition coefficient (Wildman–Crippen LogP) is 1.27. The van der Waals surface area contributed by atoms with E-state index in [2.05, 4.69) is 0 Å². The van der Waals surface area contributed by atoms with Crippen LogP contribution in [-0.2, 0) is 23.9 Å². The molecular formula is C14H23NO5. The number of likely N-dealkylation sites (tertiary alicyclic amines) is 1. The SMILES string of the molecule is COC(=O)C1CCC(=O)N1C(C)CC(=O)OC(C)(C)C. The van der Waals surface area contributed by atoms with Gasteiger partial charge >= 0.3 is 11.9 Å². The summed E-state index contributed by atoms with van der Waals surface area (Å²) in [5.74, 6) is -0.948. The molecule has 1 aliphatic rings. The van der Waals surface area contributed by atoms with Crippen molar-refractivity contribution < 1.29 is 23.9 Å². The molecule has 0 aromatic heterocycles. The summed E-state index contributed by atoms with van der Waals surface area (Å²) in [4.78, 5) is 36.8. The van der Waals surface area contributed by atoms with Crippen LogP contribution in [0, 0.1) is 0 Å². The Morgan fingerprint density at radius 2 is 2.00 bits per heavy atom. The van der Waals surface area contributed by atoms with Crippen molar-refractivity contribution in [3.63, 3.8) is 0 Å². The van der Waals surface area contributed by atoms with Crippen LogP contribution in [0.3, 0.4) is 0 Å². The molecule has 114 valence electrons. The summed E-state index contributed by atoms with van der Waals surface area (Å²) in [6.45, 7) is 7.10. The van der Waals surface area contributed by atoms with Crippen molar-refractivity contribution in [1.29, 1.82) is 0 Å². The fourth-order valence-corrected chi connectivity index (χ4v) is 2.35. The molecule has 1 aliphatic heterocycles. The predicted molar refractivity (Wildman–Crippen MR) is 71.8 cm³/mol. The van der Waals surface area contributed by atoms with Crippen LogP contribution in [0.5, 0.6) is 0 Å². The van der Waals surface area contributed by atoms with Crippen molar-refractivity contribution in [1.82, 2.24) is 4.90 Å². The summed E-state index contributed by atoms with van der Waals surface area (Å²) in [6, 6.07) is -0.978. The minimum absolute atomic E-state index is 0.0660.